The monoisotopic (exact) mass is 500 g/mol. The number of halogens is 6. The minimum Gasteiger partial charge on any atom is -0.483 e. The Labute approximate surface area is 188 Å². The molecule has 0 fully saturated rings. The maximum atomic E-state index is 12.4. The predicted molar refractivity (Wildman–Crippen MR) is 117 cm³/mol. The molecule has 0 atom stereocenters. The van der Waals surface area contributed by atoms with Crippen LogP contribution in [0.3, 0.4) is 0 Å². The van der Waals surface area contributed by atoms with Gasteiger partial charge in [0.05, 0.1) is 5.34 Å². The molecule has 0 unspecified atom stereocenters. The molecule has 0 saturated carbocycles. The Hall–Kier alpha value is -2.68. The van der Waals surface area contributed by atoms with Crippen LogP contribution in [0.5, 0.6) is 0 Å². The number of hydrogen-bond donors (Lipinski definition) is 3. The highest BCUT2D eigenvalue weighted by atomic mass is 35.5. The van der Waals surface area contributed by atoms with Gasteiger partial charge in [0, 0.05) is 23.5 Å². The number of primary amides is 1. The number of urea groups is 1. The van der Waals surface area contributed by atoms with Gasteiger partial charge in [0.2, 0.25) is 0 Å². The van der Waals surface area contributed by atoms with E-state index >= 15 is 0 Å². The van der Waals surface area contributed by atoms with Gasteiger partial charge < -0.3 is 21.2 Å². The highest BCUT2D eigenvalue weighted by Gasteiger charge is 2.14. The van der Waals surface area contributed by atoms with Gasteiger partial charge in [0.25, 0.3) is 14.6 Å². The number of rotatable bonds is 2. The zero-order valence-corrected chi connectivity index (χ0v) is 19.4. The van der Waals surface area contributed by atoms with E-state index in [1.807, 2.05) is 25.0 Å². The first-order chi connectivity index (χ1) is 14.2. The van der Waals surface area contributed by atoms with Gasteiger partial charge in [0.15, 0.2) is 0 Å². The largest absolute Gasteiger partial charge is 0.483 e. The molecule has 2 rings (SSSR count). The second-order valence-corrected chi connectivity index (χ2v) is 11.5. The van der Waals surface area contributed by atoms with Crippen LogP contribution in [0.25, 0.3) is 0 Å². The number of carbonyl (C=O) groups excluding carboxylic acids is 1. The lowest BCUT2D eigenvalue weighted by molar-refractivity contribution is 0.259. The molecule has 0 aliphatic carbocycles. The minimum absolute atomic E-state index is 0.000000000000000444. The average molecular weight is 501 g/mol. The summed E-state index contributed by atoms with van der Waals surface area (Å²) < 4.78 is 53.8. The molecule has 0 aliphatic rings. The van der Waals surface area contributed by atoms with Gasteiger partial charge >= 0.3 is 6.03 Å². The van der Waals surface area contributed by atoms with Crippen LogP contribution in [0.15, 0.2) is 36.4 Å². The van der Waals surface area contributed by atoms with Crippen molar-refractivity contribution in [3.05, 3.63) is 59.7 Å². The number of nitriles is 1. The Morgan fingerprint density at radius 1 is 1.00 bits per heavy atom. The number of nitrogens with one attached hydrogen (secondary N) is 1. The van der Waals surface area contributed by atoms with Crippen molar-refractivity contribution in [1.29, 1.82) is 5.26 Å². The number of nitrogens with zero attached hydrogens (tertiary/aromatic N) is 1. The van der Waals surface area contributed by atoms with Crippen LogP contribution in [0, 0.1) is 34.8 Å². The SMILES string of the molecule is C[Si](C)(C)OC#N.ClCCl.NC(=O)Nc1cc(F)cc(F)c1.Nc1cc(F)cc(F)c1. The fourth-order valence-corrected chi connectivity index (χ4v) is 1.75. The minimum atomic E-state index is -1.52. The standard InChI is InChI=1S/C7H6F2N2O.C6H5F2N.C4H9NOSi.CH2Cl2/c8-4-1-5(9)3-6(2-4)11-7(10)12;7-4-1-5(8)3-6(9)2-4;1-7(2,3)6-4-5;2-1-3/h1-3H,(H3,10,11,12);1-3H,9H2;1-3H3;1H2. The Kier molecular flexibility index (Phi) is 15.8. The number of hydrogen-bond acceptors (Lipinski definition) is 4. The molecular formula is C18H22Cl2F4N4O2Si. The number of alkyl halides is 2. The summed E-state index contributed by atoms with van der Waals surface area (Å²) in [7, 11) is -1.52. The summed E-state index contributed by atoms with van der Waals surface area (Å²) in [6, 6.07) is 4.66. The van der Waals surface area contributed by atoms with E-state index in [-0.39, 0.29) is 16.7 Å². The number of amides is 2. The van der Waals surface area contributed by atoms with Crippen LogP contribution >= 0.6 is 23.2 Å². The second kappa shape index (κ2) is 16.1. The molecule has 0 aromatic heterocycles. The van der Waals surface area contributed by atoms with Crippen LogP contribution in [0.4, 0.5) is 33.7 Å². The quantitative estimate of drug-likeness (QED) is 0.160. The van der Waals surface area contributed by atoms with Crippen molar-refractivity contribution in [2.75, 3.05) is 16.4 Å². The molecule has 0 spiro atoms. The maximum absolute atomic E-state index is 12.4. The Bertz CT molecular complexity index is 795. The number of carbonyl (C=O) groups is 1. The fourth-order valence-electron chi connectivity index (χ4n) is 1.48. The number of anilines is 2. The van der Waals surface area contributed by atoms with E-state index in [9.17, 15) is 22.4 Å². The smallest absolute Gasteiger partial charge is 0.316 e. The molecule has 31 heavy (non-hydrogen) atoms. The van der Waals surface area contributed by atoms with Gasteiger partial charge in [-0.25, -0.2) is 22.4 Å². The summed E-state index contributed by atoms with van der Waals surface area (Å²) in [5, 5.41) is 10.2. The van der Waals surface area contributed by atoms with E-state index in [4.69, 9.17) is 39.9 Å². The van der Waals surface area contributed by atoms with Gasteiger partial charge in [-0.05, 0) is 43.9 Å². The number of nitrogen functional groups attached to an aromatic ring is 1. The summed E-state index contributed by atoms with van der Waals surface area (Å²) in [4.78, 5) is 10.3. The van der Waals surface area contributed by atoms with Crippen LogP contribution < -0.4 is 16.8 Å². The zero-order chi connectivity index (χ0) is 24.6. The summed E-state index contributed by atoms with van der Waals surface area (Å²) in [5.41, 5.74) is 9.91. The summed E-state index contributed by atoms with van der Waals surface area (Å²) in [5.74, 6) is -2.82. The topological polar surface area (TPSA) is 114 Å². The van der Waals surface area contributed by atoms with E-state index in [0.29, 0.717) is 6.07 Å². The van der Waals surface area contributed by atoms with Crippen molar-refractivity contribution in [3.63, 3.8) is 0 Å². The highest BCUT2D eigenvalue weighted by Crippen LogP contribution is 2.12. The van der Waals surface area contributed by atoms with Crippen molar-refractivity contribution < 1.29 is 26.8 Å². The summed E-state index contributed by atoms with van der Waals surface area (Å²) in [6.45, 7) is 5.91. The van der Waals surface area contributed by atoms with Gasteiger partial charge in [-0.2, -0.15) is 5.26 Å². The lowest BCUT2D eigenvalue weighted by atomic mass is 10.3. The summed E-state index contributed by atoms with van der Waals surface area (Å²) >= 11 is 9.53. The highest BCUT2D eigenvalue weighted by molar-refractivity contribution is 6.70. The fraction of sp³-hybridized carbons (Fsp3) is 0.222. The molecular weight excluding hydrogens is 479 g/mol. The molecule has 5 N–H and O–H groups in total. The van der Waals surface area contributed by atoms with Crippen molar-refractivity contribution in [3.8, 4) is 6.26 Å². The van der Waals surface area contributed by atoms with Gasteiger partial charge in [-0.15, -0.1) is 23.2 Å². The number of nitrogens with two attached hydrogens (primary N) is 2. The molecule has 0 saturated heterocycles. The first kappa shape index (κ1) is 30.5. The molecule has 0 aliphatic heterocycles. The Morgan fingerprint density at radius 2 is 1.35 bits per heavy atom. The van der Waals surface area contributed by atoms with Crippen LogP contribution in [0.2, 0.25) is 19.6 Å². The molecule has 6 nitrogen and oxygen atoms in total. The van der Waals surface area contributed by atoms with E-state index in [1.54, 1.807) is 6.26 Å². The van der Waals surface area contributed by atoms with Crippen molar-refractivity contribution in [2.24, 2.45) is 5.73 Å². The lowest BCUT2D eigenvalue weighted by Gasteiger charge is -2.08. The molecule has 2 amide bonds. The van der Waals surface area contributed by atoms with Gasteiger partial charge in [-0.3, -0.25) is 0 Å². The van der Waals surface area contributed by atoms with Crippen LogP contribution in [-0.4, -0.2) is 19.7 Å². The first-order valence-corrected chi connectivity index (χ1v) is 12.6. The molecule has 0 heterocycles. The third kappa shape index (κ3) is 20.4. The van der Waals surface area contributed by atoms with E-state index in [1.165, 1.54) is 0 Å². The van der Waals surface area contributed by atoms with Gasteiger partial charge in [0.1, 0.15) is 23.3 Å². The number of benzene rings is 2. The molecule has 13 heteroatoms. The third-order valence-electron chi connectivity index (χ3n) is 2.37. The van der Waals surface area contributed by atoms with Crippen LogP contribution in [0.1, 0.15) is 0 Å². The van der Waals surface area contributed by atoms with Crippen molar-refractivity contribution in [2.45, 2.75) is 19.6 Å². The maximum Gasteiger partial charge on any atom is 0.316 e. The van der Waals surface area contributed by atoms with E-state index < -0.39 is 37.6 Å². The predicted octanol–water partition coefficient (Wildman–Crippen LogP) is 5.74. The zero-order valence-electron chi connectivity index (χ0n) is 16.9. The molecule has 172 valence electrons. The second-order valence-electron chi connectivity index (χ2n) is 6.26. The first-order valence-electron chi connectivity index (χ1n) is 8.17. The molecule has 2 aromatic rings. The van der Waals surface area contributed by atoms with Gasteiger partial charge in [-0.1, -0.05) is 0 Å². The molecule has 2 aromatic carbocycles. The molecule has 0 bridgehead atoms. The Morgan fingerprint density at radius 3 is 1.58 bits per heavy atom. The van der Waals surface area contributed by atoms with Crippen molar-refractivity contribution in [1.82, 2.24) is 0 Å². The normalized spacial score (nSPS) is 9.29. The average Bonchev–Trinajstić information content (AvgIpc) is 2.52. The lowest BCUT2D eigenvalue weighted by Crippen LogP contribution is -2.21. The van der Waals surface area contributed by atoms with Crippen LogP contribution in [-0.2, 0) is 4.43 Å². The van der Waals surface area contributed by atoms with E-state index in [0.717, 1.165) is 30.3 Å². The molecule has 0 radical (unpaired) electrons. The third-order valence-corrected chi connectivity index (χ3v) is 3.07. The van der Waals surface area contributed by atoms with Crippen molar-refractivity contribution >= 4 is 48.9 Å². The van der Waals surface area contributed by atoms with E-state index in [2.05, 4.69) is 4.43 Å². The summed E-state index contributed by atoms with van der Waals surface area (Å²) in [6.07, 6.45) is 1.67. The Balaban J connectivity index is 0.